The van der Waals surface area contributed by atoms with Crippen LogP contribution in [0.25, 0.3) is 0 Å². The van der Waals surface area contributed by atoms with E-state index in [4.69, 9.17) is 0 Å². The van der Waals surface area contributed by atoms with Gasteiger partial charge in [-0.2, -0.15) is 5.10 Å². The summed E-state index contributed by atoms with van der Waals surface area (Å²) in [6, 6.07) is 11.1. The van der Waals surface area contributed by atoms with Crippen molar-refractivity contribution in [2.24, 2.45) is 13.0 Å². The Morgan fingerprint density at radius 3 is 2.20 bits per heavy atom. The first-order valence-corrected chi connectivity index (χ1v) is 11.3. The lowest BCUT2D eigenvalue weighted by atomic mass is 9.90. The predicted octanol–water partition coefficient (Wildman–Crippen LogP) is 2.57. The van der Waals surface area contributed by atoms with Crippen LogP contribution in [0.3, 0.4) is 0 Å². The van der Waals surface area contributed by atoms with Gasteiger partial charge in [0.2, 0.25) is 0 Å². The topological polar surface area (TPSA) is 44.6 Å². The van der Waals surface area contributed by atoms with Gasteiger partial charge in [0.1, 0.15) is 0 Å². The second-order valence-electron chi connectivity index (χ2n) is 9.13. The molecule has 2 aliphatic rings. The smallest absolute Gasteiger partial charge is 0.274 e. The number of piperazine rings is 1. The molecule has 6 heteroatoms. The lowest BCUT2D eigenvalue weighted by molar-refractivity contribution is 0.0684. The molecule has 6 nitrogen and oxygen atoms in total. The number of piperidine rings is 1. The minimum Gasteiger partial charge on any atom is -0.337 e. The Balaban J connectivity index is 1.24. The summed E-state index contributed by atoms with van der Waals surface area (Å²) < 4.78 is 1.77. The van der Waals surface area contributed by atoms with Gasteiger partial charge in [-0.25, -0.2) is 0 Å². The molecule has 4 rings (SSSR count). The van der Waals surface area contributed by atoms with Crippen LogP contribution in [0.1, 0.15) is 40.2 Å². The second-order valence-corrected chi connectivity index (χ2v) is 9.13. The minimum absolute atomic E-state index is 0.0745. The zero-order chi connectivity index (χ0) is 21.1. The molecule has 0 bridgehead atoms. The third kappa shape index (κ3) is 5.10. The fraction of sp³-hybridized carbons (Fsp3) is 0.583. The molecular formula is C24H35N5O. The lowest BCUT2D eigenvalue weighted by Gasteiger charge is -2.32. The molecule has 162 valence electrons. The Kier molecular flexibility index (Phi) is 6.54. The van der Waals surface area contributed by atoms with Gasteiger partial charge in [-0.1, -0.05) is 24.3 Å². The monoisotopic (exact) mass is 409 g/mol. The molecule has 1 aromatic heterocycles. The van der Waals surface area contributed by atoms with Crippen molar-refractivity contribution < 1.29 is 4.79 Å². The summed E-state index contributed by atoms with van der Waals surface area (Å²) in [5.41, 5.74) is 4.42. The van der Waals surface area contributed by atoms with Crippen LogP contribution in [0.4, 0.5) is 0 Å². The summed E-state index contributed by atoms with van der Waals surface area (Å²) >= 11 is 0. The molecule has 0 saturated carbocycles. The normalized spacial score (nSPS) is 19.4. The molecule has 1 amide bonds. The van der Waals surface area contributed by atoms with Crippen molar-refractivity contribution in [2.75, 3.05) is 46.3 Å². The molecule has 0 spiro atoms. The van der Waals surface area contributed by atoms with Crippen LogP contribution in [0, 0.1) is 12.8 Å². The molecule has 1 aromatic carbocycles. The lowest BCUT2D eigenvalue weighted by Crippen LogP contribution is -2.43. The first kappa shape index (κ1) is 21.1. The predicted molar refractivity (Wildman–Crippen MR) is 119 cm³/mol. The molecule has 2 aromatic rings. The second kappa shape index (κ2) is 9.31. The highest BCUT2D eigenvalue weighted by Crippen LogP contribution is 2.23. The minimum atomic E-state index is 0.0745. The van der Waals surface area contributed by atoms with E-state index in [1.807, 2.05) is 24.9 Å². The van der Waals surface area contributed by atoms with E-state index < -0.39 is 0 Å². The summed E-state index contributed by atoms with van der Waals surface area (Å²) in [4.78, 5) is 19.6. The van der Waals surface area contributed by atoms with E-state index in [2.05, 4.69) is 46.2 Å². The molecule has 0 radical (unpaired) electrons. The summed E-state index contributed by atoms with van der Waals surface area (Å²) in [5, 5.41) is 4.35. The fourth-order valence-electron chi connectivity index (χ4n) is 4.55. The number of nitrogens with zero attached hydrogens (tertiary/aromatic N) is 5. The number of hydrogen-bond acceptors (Lipinski definition) is 4. The summed E-state index contributed by atoms with van der Waals surface area (Å²) in [7, 11) is 4.08. The van der Waals surface area contributed by atoms with Crippen molar-refractivity contribution in [2.45, 2.75) is 32.7 Å². The SMILES string of the molecule is Cc1cc(C(=O)N2CCC(Cc3ccc(CN4CCN(C)CC4)cc3)CC2)nn1C. The molecule has 0 atom stereocenters. The Hall–Kier alpha value is -2.18. The van der Waals surface area contributed by atoms with Gasteiger partial charge < -0.3 is 9.80 Å². The van der Waals surface area contributed by atoms with Crippen LogP contribution < -0.4 is 0 Å². The zero-order valence-corrected chi connectivity index (χ0v) is 18.7. The van der Waals surface area contributed by atoms with Crippen molar-refractivity contribution in [3.63, 3.8) is 0 Å². The van der Waals surface area contributed by atoms with Crippen LogP contribution >= 0.6 is 0 Å². The Bertz CT molecular complexity index is 823. The molecule has 2 saturated heterocycles. The highest BCUT2D eigenvalue weighted by atomic mass is 16.2. The number of amides is 1. The van der Waals surface area contributed by atoms with Crippen molar-refractivity contribution in [1.29, 1.82) is 0 Å². The number of aromatic nitrogens is 2. The number of carbonyl (C=O) groups excluding carboxylic acids is 1. The van der Waals surface area contributed by atoms with Crippen molar-refractivity contribution in [3.8, 4) is 0 Å². The maximum absolute atomic E-state index is 12.7. The molecule has 2 aliphatic heterocycles. The molecule has 2 fully saturated rings. The van der Waals surface area contributed by atoms with E-state index in [0.717, 1.165) is 57.7 Å². The summed E-state index contributed by atoms with van der Waals surface area (Å²) in [5.74, 6) is 0.730. The highest BCUT2D eigenvalue weighted by Gasteiger charge is 2.25. The van der Waals surface area contributed by atoms with E-state index in [1.165, 1.54) is 24.2 Å². The van der Waals surface area contributed by atoms with Crippen molar-refractivity contribution in [1.82, 2.24) is 24.5 Å². The van der Waals surface area contributed by atoms with E-state index in [0.29, 0.717) is 11.6 Å². The molecule has 0 aliphatic carbocycles. The fourth-order valence-corrected chi connectivity index (χ4v) is 4.55. The number of benzene rings is 1. The van der Waals surface area contributed by atoms with Gasteiger partial charge in [0.15, 0.2) is 5.69 Å². The quantitative estimate of drug-likeness (QED) is 0.761. The van der Waals surface area contributed by atoms with E-state index >= 15 is 0 Å². The number of carbonyl (C=O) groups is 1. The van der Waals surface area contributed by atoms with Gasteiger partial charge in [-0.15, -0.1) is 0 Å². The van der Waals surface area contributed by atoms with Crippen LogP contribution in [0.2, 0.25) is 0 Å². The van der Waals surface area contributed by atoms with Crippen molar-refractivity contribution >= 4 is 5.91 Å². The van der Waals surface area contributed by atoms with Gasteiger partial charge in [0.25, 0.3) is 5.91 Å². The van der Waals surface area contributed by atoms with Gasteiger partial charge in [0.05, 0.1) is 0 Å². The average Bonchev–Trinajstić information content (AvgIpc) is 3.09. The maximum Gasteiger partial charge on any atom is 0.274 e. The van der Waals surface area contributed by atoms with E-state index in [1.54, 1.807) is 4.68 Å². The van der Waals surface area contributed by atoms with Gasteiger partial charge in [-0.05, 0) is 56.3 Å². The molecule has 0 unspecified atom stereocenters. The summed E-state index contributed by atoms with van der Waals surface area (Å²) in [6.45, 7) is 9.36. The Morgan fingerprint density at radius 1 is 0.967 bits per heavy atom. The zero-order valence-electron chi connectivity index (χ0n) is 18.7. The van der Waals surface area contributed by atoms with Crippen LogP contribution in [-0.4, -0.2) is 76.7 Å². The maximum atomic E-state index is 12.7. The molecule has 3 heterocycles. The first-order chi connectivity index (χ1) is 14.5. The third-order valence-corrected chi connectivity index (χ3v) is 6.78. The van der Waals surface area contributed by atoms with Crippen LogP contribution in [0.15, 0.2) is 30.3 Å². The third-order valence-electron chi connectivity index (χ3n) is 6.78. The molecule has 0 N–H and O–H groups in total. The number of rotatable bonds is 5. The highest BCUT2D eigenvalue weighted by molar-refractivity contribution is 5.92. The summed E-state index contributed by atoms with van der Waals surface area (Å²) in [6.07, 6.45) is 3.25. The van der Waals surface area contributed by atoms with E-state index in [9.17, 15) is 4.79 Å². The Labute approximate surface area is 180 Å². The van der Waals surface area contributed by atoms with E-state index in [-0.39, 0.29) is 5.91 Å². The first-order valence-electron chi connectivity index (χ1n) is 11.3. The standard InChI is InChI=1S/C24H35N5O/c1-19-16-23(25-27(19)3)24(30)29-10-8-21(9-11-29)17-20-4-6-22(7-5-20)18-28-14-12-26(2)13-15-28/h4-7,16,21H,8-15,17-18H2,1-3H3. The van der Waals surface area contributed by atoms with Crippen LogP contribution in [-0.2, 0) is 20.0 Å². The number of hydrogen-bond donors (Lipinski definition) is 0. The van der Waals surface area contributed by atoms with Gasteiger partial charge in [0, 0.05) is 58.6 Å². The Morgan fingerprint density at radius 2 is 1.60 bits per heavy atom. The number of likely N-dealkylation sites (tertiary alicyclic amines) is 1. The number of aryl methyl sites for hydroxylation is 2. The average molecular weight is 410 g/mol. The number of likely N-dealkylation sites (N-methyl/N-ethyl adjacent to an activating group) is 1. The largest absolute Gasteiger partial charge is 0.337 e. The van der Waals surface area contributed by atoms with Gasteiger partial charge >= 0.3 is 0 Å². The molecular weight excluding hydrogens is 374 g/mol. The van der Waals surface area contributed by atoms with Crippen LogP contribution in [0.5, 0.6) is 0 Å². The molecule has 30 heavy (non-hydrogen) atoms. The van der Waals surface area contributed by atoms with Crippen molar-refractivity contribution in [3.05, 3.63) is 52.8 Å². The van der Waals surface area contributed by atoms with Gasteiger partial charge in [-0.3, -0.25) is 14.4 Å².